The van der Waals surface area contributed by atoms with Crippen molar-refractivity contribution in [1.82, 2.24) is 4.90 Å². The SMILES string of the molecule is O=C1C=C(Nc2cccc(F)c2OCC2CCCO2)C(=O)N1CCO. The third kappa shape index (κ3) is 3.80. The third-order valence-corrected chi connectivity index (χ3v) is 4.01. The summed E-state index contributed by atoms with van der Waals surface area (Å²) in [5.41, 5.74) is 0.252. The lowest BCUT2D eigenvalue weighted by Gasteiger charge is -2.17. The lowest BCUT2D eigenvalue weighted by Crippen LogP contribution is -2.34. The highest BCUT2D eigenvalue weighted by Crippen LogP contribution is 2.30. The molecule has 0 saturated carbocycles. The van der Waals surface area contributed by atoms with Gasteiger partial charge in [-0.1, -0.05) is 6.07 Å². The number of aliphatic hydroxyl groups is 1. The van der Waals surface area contributed by atoms with Crippen molar-refractivity contribution in [3.8, 4) is 5.75 Å². The van der Waals surface area contributed by atoms with Gasteiger partial charge in [0.2, 0.25) is 0 Å². The van der Waals surface area contributed by atoms with Gasteiger partial charge in [-0.25, -0.2) is 4.39 Å². The molecule has 25 heavy (non-hydrogen) atoms. The number of nitrogens with one attached hydrogen (secondary N) is 1. The molecule has 2 amide bonds. The molecule has 0 aliphatic carbocycles. The number of β-amino-alcohol motifs (C(OH)–C–C–N with tert-alkyl or cyclic N) is 1. The minimum atomic E-state index is -0.576. The summed E-state index contributed by atoms with van der Waals surface area (Å²) in [6.45, 7) is 0.456. The molecule has 1 aromatic rings. The maximum atomic E-state index is 14.1. The predicted octanol–water partition coefficient (Wildman–Crippen LogP) is 1.04. The Morgan fingerprint density at radius 1 is 1.40 bits per heavy atom. The molecule has 1 atom stereocenters. The van der Waals surface area contributed by atoms with Crippen molar-refractivity contribution >= 4 is 17.5 Å². The molecule has 2 N–H and O–H groups in total. The maximum Gasteiger partial charge on any atom is 0.277 e. The van der Waals surface area contributed by atoms with Gasteiger partial charge >= 0.3 is 0 Å². The van der Waals surface area contributed by atoms with E-state index in [1.54, 1.807) is 6.07 Å². The zero-order chi connectivity index (χ0) is 17.8. The van der Waals surface area contributed by atoms with Gasteiger partial charge in [-0.2, -0.15) is 0 Å². The van der Waals surface area contributed by atoms with Crippen molar-refractivity contribution in [3.05, 3.63) is 35.8 Å². The number of aliphatic hydroxyl groups excluding tert-OH is 1. The number of benzene rings is 1. The van der Waals surface area contributed by atoms with Crippen LogP contribution in [0.15, 0.2) is 30.0 Å². The molecule has 1 unspecified atom stereocenters. The van der Waals surface area contributed by atoms with Gasteiger partial charge in [-0.05, 0) is 25.0 Å². The number of carbonyl (C=O) groups is 2. The Morgan fingerprint density at radius 2 is 2.24 bits per heavy atom. The van der Waals surface area contributed by atoms with Crippen LogP contribution in [-0.4, -0.2) is 54.3 Å². The molecule has 1 saturated heterocycles. The topological polar surface area (TPSA) is 88.1 Å². The molecule has 7 nitrogen and oxygen atoms in total. The number of halogens is 1. The van der Waals surface area contributed by atoms with Crippen LogP contribution in [-0.2, 0) is 14.3 Å². The second-order valence-corrected chi connectivity index (χ2v) is 5.76. The number of nitrogens with zero attached hydrogens (tertiary/aromatic N) is 1. The van der Waals surface area contributed by atoms with Gasteiger partial charge in [-0.3, -0.25) is 14.5 Å². The summed E-state index contributed by atoms with van der Waals surface area (Å²) in [6.07, 6.45) is 2.83. The highest BCUT2D eigenvalue weighted by molar-refractivity contribution is 6.17. The molecule has 0 aromatic heterocycles. The summed E-state index contributed by atoms with van der Waals surface area (Å²) < 4.78 is 25.2. The van der Waals surface area contributed by atoms with E-state index in [1.807, 2.05) is 0 Å². The second-order valence-electron chi connectivity index (χ2n) is 5.76. The van der Waals surface area contributed by atoms with Crippen molar-refractivity contribution < 1.29 is 28.6 Å². The summed E-state index contributed by atoms with van der Waals surface area (Å²) in [5, 5.41) is 11.7. The molecule has 8 heteroatoms. The molecule has 1 fully saturated rings. The smallest absolute Gasteiger partial charge is 0.277 e. The van der Waals surface area contributed by atoms with E-state index < -0.39 is 17.6 Å². The number of rotatable bonds is 7. The van der Waals surface area contributed by atoms with Gasteiger partial charge in [0.15, 0.2) is 11.6 Å². The van der Waals surface area contributed by atoms with Crippen LogP contribution in [0.4, 0.5) is 10.1 Å². The van der Waals surface area contributed by atoms with Crippen LogP contribution < -0.4 is 10.1 Å². The molecular weight excluding hydrogens is 331 g/mol. The Hall–Kier alpha value is -2.45. The molecule has 1 aromatic carbocycles. The van der Waals surface area contributed by atoms with Crippen LogP contribution in [0.1, 0.15) is 12.8 Å². The van der Waals surface area contributed by atoms with Gasteiger partial charge < -0.3 is 19.9 Å². The molecular formula is C17H19FN2O5. The second kappa shape index (κ2) is 7.62. The van der Waals surface area contributed by atoms with Gasteiger partial charge in [0, 0.05) is 12.7 Å². The van der Waals surface area contributed by atoms with E-state index >= 15 is 0 Å². The summed E-state index contributed by atoms with van der Waals surface area (Å²) in [7, 11) is 0. The van der Waals surface area contributed by atoms with Gasteiger partial charge in [-0.15, -0.1) is 0 Å². The number of ether oxygens (including phenoxy) is 2. The standard InChI is InChI=1S/C17H19FN2O5/c18-12-4-1-5-13(16(12)25-10-11-3-2-8-24-11)19-14-9-15(22)20(6-7-21)17(14)23/h1,4-5,9,11,19,21H,2-3,6-8,10H2. The maximum absolute atomic E-state index is 14.1. The van der Waals surface area contributed by atoms with E-state index in [9.17, 15) is 14.0 Å². The number of hydrogen-bond acceptors (Lipinski definition) is 6. The van der Waals surface area contributed by atoms with Crippen LogP contribution in [0.2, 0.25) is 0 Å². The van der Waals surface area contributed by atoms with Crippen molar-refractivity contribution in [1.29, 1.82) is 0 Å². The Labute approximate surface area is 144 Å². The first-order chi connectivity index (χ1) is 12.1. The first kappa shape index (κ1) is 17.4. The Morgan fingerprint density at radius 3 is 2.96 bits per heavy atom. The average Bonchev–Trinajstić information content (AvgIpc) is 3.19. The fourth-order valence-corrected chi connectivity index (χ4v) is 2.76. The number of imide groups is 1. The monoisotopic (exact) mass is 350 g/mol. The van der Waals surface area contributed by atoms with Crippen LogP contribution in [0.25, 0.3) is 0 Å². The van der Waals surface area contributed by atoms with Crippen LogP contribution in [0.5, 0.6) is 5.75 Å². The Balaban J connectivity index is 1.74. The largest absolute Gasteiger partial charge is 0.486 e. The third-order valence-electron chi connectivity index (χ3n) is 4.01. The highest BCUT2D eigenvalue weighted by Gasteiger charge is 2.31. The number of para-hydroxylation sites is 1. The summed E-state index contributed by atoms with van der Waals surface area (Å²) >= 11 is 0. The Bertz CT molecular complexity index is 700. The van der Waals surface area contributed by atoms with E-state index in [0.29, 0.717) is 6.61 Å². The average molecular weight is 350 g/mol. The van der Waals surface area contributed by atoms with Crippen LogP contribution >= 0.6 is 0 Å². The number of hydrogen-bond donors (Lipinski definition) is 2. The van der Waals surface area contributed by atoms with Gasteiger partial charge in [0.1, 0.15) is 12.3 Å². The zero-order valence-corrected chi connectivity index (χ0v) is 13.5. The molecule has 134 valence electrons. The van der Waals surface area contributed by atoms with E-state index in [2.05, 4.69) is 5.32 Å². The molecule has 2 heterocycles. The fourth-order valence-electron chi connectivity index (χ4n) is 2.76. The minimum absolute atomic E-state index is 0.00557. The first-order valence-electron chi connectivity index (χ1n) is 8.08. The van der Waals surface area contributed by atoms with E-state index in [-0.39, 0.29) is 43.0 Å². The van der Waals surface area contributed by atoms with E-state index in [0.717, 1.165) is 23.8 Å². The van der Waals surface area contributed by atoms with Crippen molar-refractivity contribution in [2.45, 2.75) is 18.9 Å². The molecule has 0 spiro atoms. The molecule has 0 bridgehead atoms. The van der Waals surface area contributed by atoms with Gasteiger partial charge in [0.05, 0.1) is 24.9 Å². The first-order valence-corrected chi connectivity index (χ1v) is 8.08. The summed E-state index contributed by atoms with van der Waals surface area (Å²) in [5.74, 6) is -1.71. The molecule has 0 radical (unpaired) electrons. The quantitative estimate of drug-likeness (QED) is 0.715. The normalized spacial score (nSPS) is 20.2. The molecule has 2 aliphatic rings. The van der Waals surface area contributed by atoms with E-state index in [4.69, 9.17) is 14.6 Å². The fraction of sp³-hybridized carbons (Fsp3) is 0.412. The summed E-state index contributed by atoms with van der Waals surface area (Å²) in [6, 6.07) is 4.29. The zero-order valence-electron chi connectivity index (χ0n) is 13.5. The Kier molecular flexibility index (Phi) is 5.30. The molecule has 2 aliphatic heterocycles. The highest BCUT2D eigenvalue weighted by atomic mass is 19.1. The summed E-state index contributed by atoms with van der Waals surface area (Å²) in [4.78, 5) is 24.9. The van der Waals surface area contributed by atoms with E-state index in [1.165, 1.54) is 12.1 Å². The van der Waals surface area contributed by atoms with Crippen molar-refractivity contribution in [2.75, 3.05) is 31.7 Å². The number of carbonyl (C=O) groups excluding carboxylic acids is 2. The lowest BCUT2D eigenvalue weighted by atomic mass is 10.2. The predicted molar refractivity (Wildman–Crippen MR) is 86.4 cm³/mol. The molecule has 3 rings (SSSR count). The minimum Gasteiger partial charge on any atom is -0.486 e. The van der Waals surface area contributed by atoms with Crippen molar-refractivity contribution in [2.24, 2.45) is 0 Å². The lowest BCUT2D eigenvalue weighted by molar-refractivity contribution is -0.137. The van der Waals surface area contributed by atoms with Crippen LogP contribution in [0.3, 0.4) is 0 Å². The number of amides is 2. The van der Waals surface area contributed by atoms with Crippen LogP contribution in [0, 0.1) is 5.82 Å². The van der Waals surface area contributed by atoms with Gasteiger partial charge in [0.25, 0.3) is 11.8 Å². The number of anilines is 1. The van der Waals surface area contributed by atoms with Crippen molar-refractivity contribution in [3.63, 3.8) is 0 Å².